The van der Waals surface area contributed by atoms with Crippen molar-refractivity contribution in [1.29, 1.82) is 0 Å². The molecule has 0 saturated carbocycles. The fourth-order valence-electron chi connectivity index (χ4n) is 2.21. The molecule has 2 aromatic heterocycles. The van der Waals surface area contributed by atoms with Crippen LogP contribution in [0.4, 0.5) is 13.2 Å². The van der Waals surface area contributed by atoms with E-state index in [1.807, 2.05) is 24.6 Å². The SMILES string of the molecule is CCn1ccnc1SC(C)c1nc(-c2cccc(C(F)(F)F)c2)no1. The van der Waals surface area contributed by atoms with E-state index in [1.165, 1.54) is 23.9 Å². The summed E-state index contributed by atoms with van der Waals surface area (Å²) in [5.41, 5.74) is -0.485. The number of benzene rings is 1. The first-order chi connectivity index (χ1) is 11.9. The van der Waals surface area contributed by atoms with Crippen molar-refractivity contribution in [3.63, 3.8) is 0 Å². The zero-order chi connectivity index (χ0) is 18.0. The molecule has 0 bridgehead atoms. The highest BCUT2D eigenvalue weighted by Gasteiger charge is 2.31. The summed E-state index contributed by atoms with van der Waals surface area (Å²) in [6.07, 6.45) is -0.833. The third kappa shape index (κ3) is 3.87. The van der Waals surface area contributed by atoms with Crippen LogP contribution in [-0.4, -0.2) is 19.7 Å². The highest BCUT2D eigenvalue weighted by molar-refractivity contribution is 7.99. The van der Waals surface area contributed by atoms with Crippen molar-refractivity contribution in [1.82, 2.24) is 19.7 Å². The zero-order valence-corrected chi connectivity index (χ0v) is 14.3. The number of halogens is 3. The fourth-order valence-corrected chi connectivity index (χ4v) is 3.17. The topological polar surface area (TPSA) is 56.7 Å². The van der Waals surface area contributed by atoms with E-state index in [9.17, 15) is 13.2 Å². The lowest BCUT2D eigenvalue weighted by Gasteiger charge is -2.07. The first-order valence-electron chi connectivity index (χ1n) is 7.57. The second-order valence-corrected chi connectivity index (χ2v) is 6.60. The van der Waals surface area contributed by atoms with E-state index in [-0.39, 0.29) is 16.6 Å². The van der Waals surface area contributed by atoms with Gasteiger partial charge in [-0.2, -0.15) is 18.2 Å². The Morgan fingerprint density at radius 2 is 2.12 bits per heavy atom. The Kier molecular flexibility index (Phi) is 4.85. The van der Waals surface area contributed by atoms with Gasteiger partial charge >= 0.3 is 6.18 Å². The number of aryl methyl sites for hydroxylation is 1. The Labute approximate surface area is 146 Å². The van der Waals surface area contributed by atoms with Gasteiger partial charge in [0.2, 0.25) is 11.7 Å². The standard InChI is InChI=1S/C16H15F3N4OS/c1-3-23-8-7-20-15(23)25-10(2)14-21-13(22-24-14)11-5-4-6-12(9-11)16(17,18)19/h4-10H,3H2,1-2H3. The van der Waals surface area contributed by atoms with E-state index in [0.29, 0.717) is 5.89 Å². The average Bonchev–Trinajstić information content (AvgIpc) is 3.23. The van der Waals surface area contributed by atoms with Crippen molar-refractivity contribution in [2.75, 3.05) is 0 Å². The van der Waals surface area contributed by atoms with Gasteiger partial charge in [0.25, 0.3) is 0 Å². The van der Waals surface area contributed by atoms with Crippen molar-refractivity contribution in [2.45, 2.75) is 37.0 Å². The molecule has 3 aromatic rings. The van der Waals surface area contributed by atoms with Crippen LogP contribution < -0.4 is 0 Å². The summed E-state index contributed by atoms with van der Waals surface area (Å²) in [5, 5.41) is 4.44. The molecule has 3 rings (SSSR count). The van der Waals surface area contributed by atoms with Gasteiger partial charge in [-0.1, -0.05) is 29.1 Å². The molecule has 1 atom stereocenters. The summed E-state index contributed by atoms with van der Waals surface area (Å²) in [6.45, 7) is 4.67. The van der Waals surface area contributed by atoms with E-state index < -0.39 is 11.7 Å². The van der Waals surface area contributed by atoms with Crippen LogP contribution in [0, 0.1) is 0 Å². The molecule has 9 heteroatoms. The smallest absolute Gasteiger partial charge is 0.338 e. The Hall–Kier alpha value is -2.29. The molecule has 0 N–H and O–H groups in total. The number of aromatic nitrogens is 4. The molecule has 0 spiro atoms. The maximum absolute atomic E-state index is 12.8. The van der Waals surface area contributed by atoms with Gasteiger partial charge in [0.1, 0.15) is 0 Å². The van der Waals surface area contributed by atoms with Crippen LogP contribution in [0.15, 0.2) is 46.3 Å². The predicted molar refractivity (Wildman–Crippen MR) is 86.9 cm³/mol. The van der Waals surface area contributed by atoms with E-state index in [1.54, 1.807) is 6.20 Å². The Morgan fingerprint density at radius 1 is 1.32 bits per heavy atom. The Balaban J connectivity index is 1.80. The Bertz CT molecular complexity index is 859. The van der Waals surface area contributed by atoms with Gasteiger partial charge in [-0.3, -0.25) is 0 Å². The molecule has 1 aromatic carbocycles. The van der Waals surface area contributed by atoms with Crippen LogP contribution in [0.2, 0.25) is 0 Å². The van der Waals surface area contributed by atoms with Gasteiger partial charge in [0, 0.05) is 24.5 Å². The van der Waals surface area contributed by atoms with Crippen LogP contribution in [-0.2, 0) is 12.7 Å². The maximum Gasteiger partial charge on any atom is 0.416 e. The summed E-state index contributed by atoms with van der Waals surface area (Å²) < 4.78 is 45.7. The van der Waals surface area contributed by atoms with Crippen LogP contribution in [0.5, 0.6) is 0 Å². The number of imidazole rings is 1. The highest BCUT2D eigenvalue weighted by Crippen LogP contribution is 2.35. The molecule has 0 aliphatic carbocycles. The summed E-state index contributed by atoms with van der Waals surface area (Å²) in [5.74, 6) is 0.468. The lowest BCUT2D eigenvalue weighted by Crippen LogP contribution is -2.04. The van der Waals surface area contributed by atoms with Gasteiger partial charge < -0.3 is 9.09 Å². The number of rotatable bonds is 5. The molecule has 1 unspecified atom stereocenters. The van der Waals surface area contributed by atoms with Crippen LogP contribution in [0.3, 0.4) is 0 Å². The van der Waals surface area contributed by atoms with Crippen LogP contribution in [0.1, 0.15) is 30.6 Å². The van der Waals surface area contributed by atoms with Crippen molar-refractivity contribution in [2.24, 2.45) is 0 Å². The highest BCUT2D eigenvalue weighted by atomic mass is 32.2. The molecule has 5 nitrogen and oxygen atoms in total. The maximum atomic E-state index is 12.8. The molecule has 0 saturated heterocycles. The quantitative estimate of drug-likeness (QED) is 0.604. The van der Waals surface area contributed by atoms with Gasteiger partial charge in [-0.15, -0.1) is 0 Å². The largest absolute Gasteiger partial charge is 0.416 e. The van der Waals surface area contributed by atoms with E-state index >= 15 is 0 Å². The van der Waals surface area contributed by atoms with E-state index in [2.05, 4.69) is 15.1 Å². The molecule has 0 radical (unpaired) electrons. The number of alkyl halides is 3. The van der Waals surface area contributed by atoms with E-state index in [4.69, 9.17) is 4.52 Å². The van der Waals surface area contributed by atoms with Gasteiger partial charge in [0.05, 0.1) is 10.8 Å². The molecule has 0 fully saturated rings. The van der Waals surface area contributed by atoms with Crippen molar-refractivity contribution in [3.8, 4) is 11.4 Å². The lowest BCUT2D eigenvalue weighted by atomic mass is 10.1. The number of hydrogen-bond acceptors (Lipinski definition) is 5. The van der Waals surface area contributed by atoms with Crippen LogP contribution >= 0.6 is 11.8 Å². The minimum absolute atomic E-state index is 0.132. The van der Waals surface area contributed by atoms with Crippen LogP contribution in [0.25, 0.3) is 11.4 Å². The van der Waals surface area contributed by atoms with Crippen molar-refractivity contribution >= 4 is 11.8 Å². The van der Waals surface area contributed by atoms with Gasteiger partial charge in [0.15, 0.2) is 5.16 Å². The first kappa shape index (κ1) is 17.5. The number of nitrogens with zero attached hydrogens (tertiary/aromatic N) is 4. The average molecular weight is 368 g/mol. The van der Waals surface area contributed by atoms with Crippen molar-refractivity contribution in [3.05, 3.63) is 48.1 Å². The zero-order valence-electron chi connectivity index (χ0n) is 13.5. The monoisotopic (exact) mass is 368 g/mol. The molecule has 2 heterocycles. The minimum Gasteiger partial charge on any atom is -0.338 e. The fraction of sp³-hybridized carbons (Fsp3) is 0.312. The number of thioether (sulfide) groups is 1. The van der Waals surface area contributed by atoms with Crippen molar-refractivity contribution < 1.29 is 17.7 Å². The molecular weight excluding hydrogens is 353 g/mol. The van der Waals surface area contributed by atoms with Gasteiger partial charge in [-0.25, -0.2) is 4.98 Å². The molecule has 0 aliphatic rings. The lowest BCUT2D eigenvalue weighted by molar-refractivity contribution is -0.137. The first-order valence-corrected chi connectivity index (χ1v) is 8.45. The normalized spacial score (nSPS) is 13.2. The Morgan fingerprint density at radius 3 is 2.84 bits per heavy atom. The van der Waals surface area contributed by atoms with Gasteiger partial charge in [-0.05, 0) is 26.0 Å². The second-order valence-electron chi connectivity index (χ2n) is 5.29. The second kappa shape index (κ2) is 6.91. The summed E-state index contributed by atoms with van der Waals surface area (Å²) in [7, 11) is 0. The van der Waals surface area contributed by atoms with E-state index in [0.717, 1.165) is 23.8 Å². The third-order valence-electron chi connectivity index (χ3n) is 3.54. The minimum atomic E-state index is -4.41. The number of hydrogen-bond donors (Lipinski definition) is 0. The summed E-state index contributed by atoms with van der Waals surface area (Å²) >= 11 is 1.45. The summed E-state index contributed by atoms with van der Waals surface area (Å²) in [6, 6.07) is 4.86. The molecule has 0 amide bonds. The summed E-state index contributed by atoms with van der Waals surface area (Å²) in [4.78, 5) is 8.50. The third-order valence-corrected chi connectivity index (χ3v) is 4.64. The molecule has 25 heavy (non-hydrogen) atoms. The predicted octanol–water partition coefficient (Wildman–Crippen LogP) is 4.83. The molecule has 0 aliphatic heterocycles. The molecule has 132 valence electrons. The molecular formula is C16H15F3N4OS.